The molecule has 1 heterocycles. The van der Waals surface area contributed by atoms with Crippen molar-refractivity contribution in [2.24, 2.45) is 0 Å². The minimum Gasteiger partial charge on any atom is -0.492 e. The standard InChI is InChI=1S/C24H33N3O5S/c1-18-5-9-22(10-6-18)32-16-11-26(4)20(3)24(28)25-21-8-7-19(2)23(17-21)33(29,30)27-12-14-31-15-13-27/h5-10,17,20H,11-16H2,1-4H3,(H,25,28). The van der Waals surface area contributed by atoms with Crippen molar-refractivity contribution >= 4 is 21.6 Å². The average Bonchev–Trinajstić information content (AvgIpc) is 2.81. The Morgan fingerprint density at radius 1 is 1.15 bits per heavy atom. The Labute approximate surface area is 196 Å². The first kappa shape index (κ1) is 25.2. The molecule has 0 spiro atoms. The monoisotopic (exact) mass is 475 g/mol. The number of benzene rings is 2. The molecule has 0 aromatic heterocycles. The van der Waals surface area contributed by atoms with E-state index < -0.39 is 16.1 Å². The maximum absolute atomic E-state index is 13.1. The normalized spacial score (nSPS) is 15.9. The maximum Gasteiger partial charge on any atom is 0.243 e. The van der Waals surface area contributed by atoms with Crippen molar-refractivity contribution in [2.45, 2.75) is 31.7 Å². The van der Waals surface area contributed by atoms with Gasteiger partial charge in [-0.25, -0.2) is 8.42 Å². The molecule has 1 unspecified atom stereocenters. The second kappa shape index (κ2) is 11.1. The molecule has 0 bridgehead atoms. The zero-order chi connectivity index (χ0) is 24.0. The molecule has 1 N–H and O–H groups in total. The van der Waals surface area contributed by atoms with Crippen LogP contribution in [0.4, 0.5) is 5.69 Å². The number of nitrogens with one attached hydrogen (secondary N) is 1. The van der Waals surface area contributed by atoms with E-state index in [1.807, 2.05) is 43.1 Å². The van der Waals surface area contributed by atoms with Crippen molar-refractivity contribution in [1.29, 1.82) is 0 Å². The summed E-state index contributed by atoms with van der Waals surface area (Å²) in [7, 11) is -1.80. The van der Waals surface area contributed by atoms with Crippen molar-refractivity contribution in [1.82, 2.24) is 9.21 Å². The zero-order valence-corrected chi connectivity index (χ0v) is 20.5. The topological polar surface area (TPSA) is 88.2 Å². The van der Waals surface area contributed by atoms with Gasteiger partial charge in [0.25, 0.3) is 0 Å². The third kappa shape index (κ3) is 6.54. The van der Waals surface area contributed by atoms with Crippen LogP contribution >= 0.6 is 0 Å². The van der Waals surface area contributed by atoms with Crippen LogP contribution in [-0.2, 0) is 19.6 Å². The minimum absolute atomic E-state index is 0.203. The number of ether oxygens (including phenoxy) is 2. The molecular formula is C24H33N3O5S. The van der Waals surface area contributed by atoms with Gasteiger partial charge in [0.05, 0.1) is 24.2 Å². The van der Waals surface area contributed by atoms with Gasteiger partial charge in [0.2, 0.25) is 15.9 Å². The number of hydrogen-bond acceptors (Lipinski definition) is 6. The molecular weight excluding hydrogens is 442 g/mol. The van der Waals surface area contributed by atoms with Gasteiger partial charge in [0.1, 0.15) is 12.4 Å². The van der Waals surface area contributed by atoms with E-state index in [-0.39, 0.29) is 10.8 Å². The van der Waals surface area contributed by atoms with Gasteiger partial charge in [-0.05, 0) is 57.6 Å². The van der Waals surface area contributed by atoms with Crippen LogP contribution in [0.15, 0.2) is 47.4 Å². The number of amides is 1. The molecule has 1 saturated heterocycles. The first-order chi connectivity index (χ1) is 15.7. The van der Waals surface area contributed by atoms with E-state index >= 15 is 0 Å². The fourth-order valence-corrected chi connectivity index (χ4v) is 5.12. The van der Waals surface area contributed by atoms with Crippen LogP contribution in [0.1, 0.15) is 18.1 Å². The Balaban J connectivity index is 1.59. The summed E-state index contributed by atoms with van der Waals surface area (Å²) in [4.78, 5) is 14.9. The quantitative estimate of drug-likeness (QED) is 0.600. The van der Waals surface area contributed by atoms with Gasteiger partial charge in [0, 0.05) is 25.3 Å². The summed E-state index contributed by atoms with van der Waals surface area (Å²) in [6.45, 7) is 8.00. The van der Waals surface area contributed by atoms with Gasteiger partial charge in [-0.1, -0.05) is 23.8 Å². The molecule has 0 aliphatic carbocycles. The molecule has 8 nitrogen and oxygen atoms in total. The number of sulfonamides is 1. The predicted octanol–water partition coefficient (Wildman–Crippen LogP) is 2.66. The van der Waals surface area contributed by atoms with Crippen molar-refractivity contribution in [2.75, 3.05) is 51.8 Å². The molecule has 1 fully saturated rings. The molecule has 9 heteroatoms. The molecule has 1 aliphatic heterocycles. The largest absolute Gasteiger partial charge is 0.492 e. The van der Waals surface area contributed by atoms with E-state index in [1.54, 1.807) is 26.0 Å². The van der Waals surface area contributed by atoms with E-state index in [0.717, 1.165) is 5.75 Å². The summed E-state index contributed by atoms with van der Waals surface area (Å²) in [5.74, 6) is 0.575. The minimum atomic E-state index is -3.65. The molecule has 1 aliphatic rings. The van der Waals surface area contributed by atoms with Gasteiger partial charge in [0.15, 0.2) is 0 Å². The first-order valence-corrected chi connectivity index (χ1v) is 12.5. The zero-order valence-electron chi connectivity index (χ0n) is 19.7. The molecule has 0 saturated carbocycles. The third-order valence-electron chi connectivity index (χ3n) is 5.82. The van der Waals surface area contributed by atoms with Gasteiger partial charge in [-0.15, -0.1) is 0 Å². The van der Waals surface area contributed by atoms with Gasteiger partial charge in [-0.2, -0.15) is 4.31 Å². The molecule has 0 radical (unpaired) electrons. The third-order valence-corrected chi connectivity index (χ3v) is 7.86. The highest BCUT2D eigenvalue weighted by Crippen LogP contribution is 2.24. The van der Waals surface area contributed by atoms with Crippen LogP contribution in [0.5, 0.6) is 5.75 Å². The number of aryl methyl sites for hydroxylation is 2. The van der Waals surface area contributed by atoms with Crippen LogP contribution in [0.3, 0.4) is 0 Å². The number of nitrogens with zero attached hydrogens (tertiary/aromatic N) is 2. The SMILES string of the molecule is Cc1ccc(OCCN(C)C(C)C(=O)Nc2ccc(C)c(S(=O)(=O)N3CCOCC3)c2)cc1. The Bertz CT molecular complexity index is 1050. The summed E-state index contributed by atoms with van der Waals surface area (Å²) in [6, 6.07) is 12.4. The Hall–Kier alpha value is -2.46. The second-order valence-corrected chi connectivity index (χ2v) is 10.2. The number of carbonyl (C=O) groups is 1. The number of likely N-dealkylation sites (N-methyl/N-ethyl adjacent to an activating group) is 1. The van der Waals surface area contributed by atoms with Crippen LogP contribution in [0.2, 0.25) is 0 Å². The number of hydrogen-bond donors (Lipinski definition) is 1. The molecule has 2 aromatic rings. The Morgan fingerprint density at radius 2 is 1.82 bits per heavy atom. The van der Waals surface area contributed by atoms with E-state index in [2.05, 4.69) is 5.32 Å². The van der Waals surface area contributed by atoms with Gasteiger partial charge < -0.3 is 14.8 Å². The Morgan fingerprint density at radius 3 is 2.48 bits per heavy atom. The lowest BCUT2D eigenvalue weighted by molar-refractivity contribution is -0.120. The fraction of sp³-hybridized carbons (Fsp3) is 0.458. The molecule has 2 aromatic carbocycles. The number of carbonyl (C=O) groups excluding carboxylic acids is 1. The highest BCUT2D eigenvalue weighted by Gasteiger charge is 2.28. The number of anilines is 1. The van der Waals surface area contributed by atoms with Crippen molar-refractivity contribution in [3.05, 3.63) is 53.6 Å². The molecule has 3 rings (SSSR count). The maximum atomic E-state index is 13.1. The summed E-state index contributed by atoms with van der Waals surface area (Å²) in [5, 5.41) is 2.85. The van der Waals surface area contributed by atoms with E-state index in [0.29, 0.717) is 50.7 Å². The predicted molar refractivity (Wildman–Crippen MR) is 128 cm³/mol. The number of morpholine rings is 1. The highest BCUT2D eigenvalue weighted by molar-refractivity contribution is 7.89. The van der Waals surface area contributed by atoms with E-state index in [1.165, 1.54) is 15.9 Å². The fourth-order valence-electron chi connectivity index (χ4n) is 3.46. The Kier molecular flexibility index (Phi) is 8.47. The van der Waals surface area contributed by atoms with Crippen LogP contribution in [0.25, 0.3) is 0 Å². The molecule has 180 valence electrons. The first-order valence-electron chi connectivity index (χ1n) is 11.1. The number of rotatable bonds is 9. The molecule has 33 heavy (non-hydrogen) atoms. The van der Waals surface area contributed by atoms with E-state index in [9.17, 15) is 13.2 Å². The lowest BCUT2D eigenvalue weighted by Crippen LogP contribution is -2.41. The molecule has 1 atom stereocenters. The summed E-state index contributed by atoms with van der Waals surface area (Å²) in [5.41, 5.74) is 2.26. The van der Waals surface area contributed by atoms with E-state index in [4.69, 9.17) is 9.47 Å². The van der Waals surface area contributed by atoms with Crippen molar-refractivity contribution in [3.8, 4) is 5.75 Å². The smallest absolute Gasteiger partial charge is 0.243 e. The lowest BCUT2D eigenvalue weighted by Gasteiger charge is -2.27. The van der Waals surface area contributed by atoms with Crippen LogP contribution in [-0.4, -0.2) is 76.1 Å². The average molecular weight is 476 g/mol. The summed E-state index contributed by atoms with van der Waals surface area (Å²) < 4.78 is 38.6. The summed E-state index contributed by atoms with van der Waals surface area (Å²) >= 11 is 0. The highest BCUT2D eigenvalue weighted by atomic mass is 32.2. The van der Waals surface area contributed by atoms with Gasteiger partial charge in [-0.3, -0.25) is 9.69 Å². The van der Waals surface area contributed by atoms with Crippen molar-refractivity contribution in [3.63, 3.8) is 0 Å². The second-order valence-electron chi connectivity index (χ2n) is 8.30. The molecule has 1 amide bonds. The van der Waals surface area contributed by atoms with Crippen molar-refractivity contribution < 1.29 is 22.7 Å². The lowest BCUT2D eigenvalue weighted by atomic mass is 10.2. The van der Waals surface area contributed by atoms with Crippen LogP contribution in [0, 0.1) is 13.8 Å². The van der Waals surface area contributed by atoms with Gasteiger partial charge >= 0.3 is 0 Å². The summed E-state index contributed by atoms with van der Waals surface area (Å²) in [6.07, 6.45) is 0. The van der Waals surface area contributed by atoms with Crippen LogP contribution < -0.4 is 10.1 Å².